The van der Waals surface area contributed by atoms with E-state index < -0.39 is 11.9 Å². The molecule has 0 heterocycles. The molecular formula is C22H21BrN2O5. The zero-order valence-corrected chi connectivity index (χ0v) is 18.4. The van der Waals surface area contributed by atoms with Crippen LogP contribution in [0.25, 0.3) is 6.08 Å². The summed E-state index contributed by atoms with van der Waals surface area (Å²) in [6, 6.07) is 14.4. The number of ether oxygens (including phenoxy) is 3. The topological polar surface area (TPSA) is 97.7 Å². The molecule has 1 N–H and O–H groups in total. The first-order valence-electron chi connectivity index (χ1n) is 8.94. The maximum absolute atomic E-state index is 12.6. The fourth-order valence-electron chi connectivity index (χ4n) is 2.57. The van der Waals surface area contributed by atoms with Gasteiger partial charge in [0, 0.05) is 0 Å². The van der Waals surface area contributed by atoms with Crippen LogP contribution in [-0.4, -0.2) is 32.7 Å². The molecule has 0 aliphatic rings. The lowest BCUT2D eigenvalue weighted by molar-refractivity contribution is -0.143. The Kier molecular flexibility index (Phi) is 8.44. The number of benzene rings is 2. The third-order valence-electron chi connectivity index (χ3n) is 4.14. The van der Waals surface area contributed by atoms with Gasteiger partial charge in [0.1, 0.15) is 11.6 Å². The first-order valence-corrected chi connectivity index (χ1v) is 9.73. The molecule has 0 saturated carbocycles. The molecule has 0 saturated heterocycles. The monoisotopic (exact) mass is 472 g/mol. The summed E-state index contributed by atoms with van der Waals surface area (Å²) in [6.45, 7) is 1.55. The van der Waals surface area contributed by atoms with Crippen molar-refractivity contribution in [3.8, 4) is 17.6 Å². The summed E-state index contributed by atoms with van der Waals surface area (Å²) < 4.78 is 15.8. The molecule has 0 aromatic heterocycles. The van der Waals surface area contributed by atoms with Gasteiger partial charge >= 0.3 is 5.97 Å². The number of rotatable bonds is 8. The molecule has 0 aliphatic carbocycles. The lowest BCUT2D eigenvalue weighted by Gasteiger charge is -2.14. The predicted octanol–water partition coefficient (Wildman–Crippen LogP) is 3.79. The molecule has 1 atom stereocenters. The Hall–Kier alpha value is -3.31. The number of carbonyl (C=O) groups is 2. The highest BCUT2D eigenvalue weighted by Gasteiger charge is 2.16. The van der Waals surface area contributed by atoms with Gasteiger partial charge in [-0.15, -0.1) is 0 Å². The van der Waals surface area contributed by atoms with Crippen molar-refractivity contribution in [2.45, 2.75) is 13.0 Å². The second-order valence-corrected chi connectivity index (χ2v) is 7.03. The molecule has 2 rings (SSSR count). The van der Waals surface area contributed by atoms with Crippen LogP contribution in [0.2, 0.25) is 0 Å². The van der Waals surface area contributed by atoms with Crippen LogP contribution in [0, 0.1) is 11.3 Å². The molecule has 30 heavy (non-hydrogen) atoms. The van der Waals surface area contributed by atoms with Crippen molar-refractivity contribution in [2.24, 2.45) is 0 Å². The number of halogens is 1. The van der Waals surface area contributed by atoms with E-state index in [2.05, 4.69) is 26.0 Å². The van der Waals surface area contributed by atoms with Gasteiger partial charge in [-0.1, -0.05) is 30.3 Å². The zero-order valence-electron chi connectivity index (χ0n) is 16.8. The van der Waals surface area contributed by atoms with E-state index in [4.69, 9.17) is 9.47 Å². The highest BCUT2D eigenvalue weighted by atomic mass is 79.9. The van der Waals surface area contributed by atoms with Gasteiger partial charge in [-0.05, 0) is 52.2 Å². The Labute approximate surface area is 183 Å². The quantitative estimate of drug-likeness (QED) is 0.356. The molecule has 0 spiro atoms. The number of nitriles is 1. The molecule has 0 bridgehead atoms. The smallest absolute Gasteiger partial charge is 0.343 e. The van der Waals surface area contributed by atoms with Crippen LogP contribution in [0.1, 0.15) is 24.1 Å². The van der Waals surface area contributed by atoms with Gasteiger partial charge in [0.15, 0.2) is 18.1 Å². The summed E-state index contributed by atoms with van der Waals surface area (Å²) in [6.07, 6.45) is 1.45. The number of hydrogen-bond donors (Lipinski definition) is 1. The number of nitrogens with one attached hydrogen (secondary N) is 1. The van der Waals surface area contributed by atoms with Gasteiger partial charge in [0.2, 0.25) is 0 Å². The fraction of sp³-hybridized carbons (Fsp3) is 0.227. The number of amides is 1. The summed E-state index contributed by atoms with van der Waals surface area (Å²) in [4.78, 5) is 23.9. The van der Waals surface area contributed by atoms with E-state index in [1.54, 1.807) is 12.1 Å². The summed E-state index contributed by atoms with van der Waals surface area (Å²) in [5.41, 5.74) is 1.41. The average Bonchev–Trinajstić information content (AvgIpc) is 2.76. The number of carbonyl (C=O) groups excluding carboxylic acids is 2. The molecule has 1 amide bonds. The van der Waals surface area contributed by atoms with Gasteiger partial charge in [-0.3, -0.25) is 4.79 Å². The maximum Gasteiger partial charge on any atom is 0.343 e. The van der Waals surface area contributed by atoms with Crippen molar-refractivity contribution in [3.05, 3.63) is 63.6 Å². The second kappa shape index (κ2) is 11.0. The predicted molar refractivity (Wildman–Crippen MR) is 115 cm³/mol. The summed E-state index contributed by atoms with van der Waals surface area (Å²) in [5.74, 6) is -0.394. The van der Waals surface area contributed by atoms with E-state index in [-0.39, 0.29) is 18.2 Å². The molecule has 7 nitrogen and oxygen atoms in total. The molecule has 0 unspecified atom stereocenters. The van der Waals surface area contributed by atoms with Gasteiger partial charge in [-0.25, -0.2) is 4.79 Å². The van der Waals surface area contributed by atoms with Crippen molar-refractivity contribution in [3.63, 3.8) is 0 Å². The summed E-state index contributed by atoms with van der Waals surface area (Å²) in [5, 5.41) is 12.3. The number of esters is 1. The van der Waals surface area contributed by atoms with E-state index in [9.17, 15) is 14.9 Å². The summed E-state index contributed by atoms with van der Waals surface area (Å²) in [7, 11) is 2.71. The normalized spacial score (nSPS) is 11.8. The van der Waals surface area contributed by atoms with Crippen LogP contribution in [-0.2, 0) is 14.3 Å². The van der Waals surface area contributed by atoms with Crippen LogP contribution in [0.5, 0.6) is 11.5 Å². The Balaban J connectivity index is 2.24. The largest absolute Gasteiger partial charge is 0.493 e. The van der Waals surface area contributed by atoms with Gasteiger partial charge in [0.05, 0.1) is 24.7 Å². The summed E-state index contributed by atoms with van der Waals surface area (Å²) >= 11 is 3.36. The van der Waals surface area contributed by atoms with Crippen molar-refractivity contribution in [2.75, 3.05) is 20.8 Å². The van der Waals surface area contributed by atoms with E-state index in [1.165, 1.54) is 20.3 Å². The van der Waals surface area contributed by atoms with E-state index >= 15 is 0 Å². The Bertz CT molecular complexity index is 983. The van der Waals surface area contributed by atoms with Gasteiger partial charge < -0.3 is 19.5 Å². The minimum Gasteiger partial charge on any atom is -0.493 e. The molecule has 8 heteroatoms. The van der Waals surface area contributed by atoms with Crippen LogP contribution >= 0.6 is 15.9 Å². The van der Waals surface area contributed by atoms with Crippen LogP contribution in [0.15, 0.2) is 52.5 Å². The lowest BCUT2D eigenvalue weighted by atomic mass is 10.1. The second-order valence-electron chi connectivity index (χ2n) is 6.17. The van der Waals surface area contributed by atoms with Crippen LogP contribution < -0.4 is 14.8 Å². The SMILES string of the molecule is COC(=O)COc1c(Br)cc(/C=C(/C#N)C(=O)N[C@H](C)c2ccccc2)cc1OC. The molecule has 2 aromatic rings. The average molecular weight is 473 g/mol. The first-order chi connectivity index (χ1) is 14.4. The molecule has 0 radical (unpaired) electrons. The van der Waals surface area contributed by atoms with Crippen molar-refractivity contribution in [1.82, 2.24) is 5.32 Å². The Morgan fingerprint density at radius 3 is 2.53 bits per heavy atom. The molecular weight excluding hydrogens is 452 g/mol. The zero-order chi connectivity index (χ0) is 22.1. The minimum absolute atomic E-state index is 0.0602. The number of methoxy groups -OCH3 is 2. The highest BCUT2D eigenvalue weighted by molar-refractivity contribution is 9.10. The third-order valence-corrected chi connectivity index (χ3v) is 4.73. The minimum atomic E-state index is -0.538. The number of hydrogen-bond acceptors (Lipinski definition) is 6. The molecule has 0 fully saturated rings. The molecule has 156 valence electrons. The molecule has 0 aliphatic heterocycles. The van der Waals surface area contributed by atoms with Crippen LogP contribution in [0.3, 0.4) is 0 Å². The van der Waals surface area contributed by atoms with Gasteiger partial charge in [0.25, 0.3) is 5.91 Å². The van der Waals surface area contributed by atoms with Crippen molar-refractivity contribution in [1.29, 1.82) is 5.26 Å². The van der Waals surface area contributed by atoms with Crippen molar-refractivity contribution >= 4 is 33.9 Å². The van der Waals surface area contributed by atoms with E-state index in [1.807, 2.05) is 43.3 Å². The first kappa shape index (κ1) is 23.0. The molecule has 2 aromatic carbocycles. The van der Waals surface area contributed by atoms with E-state index in [0.29, 0.717) is 21.5 Å². The number of nitrogens with zero attached hydrogens (tertiary/aromatic N) is 1. The Morgan fingerprint density at radius 1 is 1.23 bits per heavy atom. The lowest BCUT2D eigenvalue weighted by Crippen LogP contribution is -2.27. The maximum atomic E-state index is 12.6. The highest BCUT2D eigenvalue weighted by Crippen LogP contribution is 2.37. The fourth-order valence-corrected chi connectivity index (χ4v) is 3.14. The van der Waals surface area contributed by atoms with E-state index in [0.717, 1.165) is 5.56 Å². The van der Waals surface area contributed by atoms with Crippen molar-refractivity contribution < 1.29 is 23.8 Å². The van der Waals surface area contributed by atoms with Gasteiger partial charge in [-0.2, -0.15) is 5.26 Å². The van der Waals surface area contributed by atoms with Crippen LogP contribution in [0.4, 0.5) is 0 Å². The third kappa shape index (κ3) is 6.09. The Morgan fingerprint density at radius 2 is 1.93 bits per heavy atom. The standard InChI is InChI=1S/C22H21BrN2O5/c1-14(16-7-5-4-6-8-16)25-22(27)17(12-24)9-15-10-18(23)21(19(11-15)28-2)30-13-20(26)29-3/h4-11,14H,13H2,1-3H3,(H,25,27)/b17-9-/t14-/m1/s1.